The maximum atomic E-state index is 11.0. The molecule has 6 heteroatoms. The third-order valence-corrected chi connectivity index (χ3v) is 8.88. The Balaban J connectivity index is 3.07. The Morgan fingerprint density at radius 3 is 2.60 bits per heavy atom. The van der Waals surface area contributed by atoms with Crippen molar-refractivity contribution in [1.82, 2.24) is 0 Å². The fourth-order valence-corrected chi connectivity index (χ4v) is 5.08. The number of carbonyl (C=O) groups is 1. The number of benzene rings is 1. The summed E-state index contributed by atoms with van der Waals surface area (Å²) in [6.07, 6.45) is 0. The summed E-state index contributed by atoms with van der Waals surface area (Å²) in [5, 5.41) is 2.77. The van der Waals surface area contributed by atoms with Gasteiger partial charge in [0.15, 0.2) is 0 Å². The molecule has 0 radical (unpaired) electrons. The van der Waals surface area contributed by atoms with E-state index in [9.17, 15) is 4.79 Å². The van der Waals surface area contributed by atoms with E-state index in [4.69, 9.17) is 4.74 Å². The summed E-state index contributed by atoms with van der Waals surface area (Å²) in [5.41, 5.74) is 0.759. The van der Waals surface area contributed by atoms with E-state index in [-0.39, 0.29) is 5.91 Å². The maximum absolute atomic E-state index is 11.0. The van der Waals surface area contributed by atoms with E-state index >= 15 is 0 Å². The van der Waals surface area contributed by atoms with E-state index in [1.807, 2.05) is 12.1 Å². The molecule has 0 aliphatic heterocycles. The van der Waals surface area contributed by atoms with Crippen LogP contribution in [0.2, 0.25) is 0 Å². The molecule has 1 rings (SSSR count). The van der Waals surface area contributed by atoms with Crippen LogP contribution in [0.1, 0.15) is 6.92 Å². The van der Waals surface area contributed by atoms with Gasteiger partial charge in [-0.3, -0.25) is 0 Å². The van der Waals surface area contributed by atoms with Crippen LogP contribution >= 0.6 is 40.3 Å². The Bertz CT molecular complexity index is 371. The zero-order valence-corrected chi connectivity index (χ0v) is 14.4. The van der Waals surface area contributed by atoms with Crippen molar-refractivity contribution in [2.45, 2.75) is 6.92 Å². The summed E-state index contributed by atoms with van der Waals surface area (Å²) in [6.45, 7) is 1.50. The number of halogens is 2. The average molecular weight is 493 g/mol. The molecule has 0 atom stereocenters. The minimum atomic E-state index is -0.964. The molecule has 1 N–H and O–H groups in total. The molecule has 0 bridgehead atoms. The Kier molecular flexibility index (Phi) is 5.70. The molecule has 0 unspecified atom stereocenters. The molecule has 15 heavy (non-hydrogen) atoms. The van der Waals surface area contributed by atoms with Crippen molar-refractivity contribution in [2.24, 2.45) is 0 Å². The van der Waals surface area contributed by atoms with Gasteiger partial charge in [-0.2, -0.15) is 0 Å². The second-order valence-electron chi connectivity index (χ2n) is 2.80. The SMILES string of the molecule is COc1ccc([As](I)I)cc1NC(C)=O. The van der Waals surface area contributed by atoms with E-state index in [0.717, 1.165) is 5.69 Å². The zero-order chi connectivity index (χ0) is 11.4. The number of anilines is 1. The number of ether oxygens (including phenoxy) is 1. The second-order valence-corrected chi connectivity index (χ2v) is 24.5. The van der Waals surface area contributed by atoms with Crippen molar-refractivity contribution >= 4 is 64.2 Å². The van der Waals surface area contributed by atoms with Crippen molar-refractivity contribution in [3.63, 3.8) is 0 Å². The fraction of sp³-hybridized carbons (Fsp3) is 0.222. The number of rotatable bonds is 3. The standard InChI is InChI=1S/C9H10AsI2NO2/c1-6(14)13-8-5-7(10(11)12)3-4-9(8)15-2/h3-5H,1-2H3,(H,13,14). The molecule has 0 spiro atoms. The van der Waals surface area contributed by atoms with Crippen LogP contribution in [0.4, 0.5) is 5.69 Å². The van der Waals surface area contributed by atoms with Crippen molar-refractivity contribution < 1.29 is 9.53 Å². The summed E-state index contributed by atoms with van der Waals surface area (Å²) in [6, 6.07) is 5.96. The van der Waals surface area contributed by atoms with Gasteiger partial charge in [-0.15, -0.1) is 0 Å². The van der Waals surface area contributed by atoms with Gasteiger partial charge in [0.2, 0.25) is 0 Å². The van der Waals surface area contributed by atoms with Crippen LogP contribution in [0.5, 0.6) is 5.75 Å². The molecular formula is C9H10AsI2NO2. The molecule has 0 heterocycles. The summed E-state index contributed by atoms with van der Waals surface area (Å²) in [5.74, 6) is 0.629. The Hall–Kier alpha value is 0.508. The number of hydrogen-bond donors (Lipinski definition) is 1. The van der Waals surface area contributed by atoms with Crippen LogP contribution in [0.3, 0.4) is 0 Å². The molecule has 3 nitrogen and oxygen atoms in total. The summed E-state index contributed by atoms with van der Waals surface area (Å²) in [4.78, 5) is 11.0. The van der Waals surface area contributed by atoms with Gasteiger partial charge in [0, 0.05) is 0 Å². The predicted molar refractivity (Wildman–Crippen MR) is 80.7 cm³/mol. The molecular weight excluding hydrogens is 483 g/mol. The Labute approximate surface area is 116 Å². The monoisotopic (exact) mass is 493 g/mol. The fourth-order valence-electron chi connectivity index (χ4n) is 1.09. The third-order valence-electron chi connectivity index (χ3n) is 1.69. The third kappa shape index (κ3) is 4.11. The van der Waals surface area contributed by atoms with E-state index in [0.29, 0.717) is 5.75 Å². The number of amides is 1. The first-order chi connectivity index (χ1) is 7.04. The summed E-state index contributed by atoms with van der Waals surface area (Å²) < 4.78 is 6.48. The van der Waals surface area contributed by atoms with Gasteiger partial charge in [-0.1, -0.05) is 0 Å². The van der Waals surface area contributed by atoms with Crippen molar-refractivity contribution in [3.05, 3.63) is 18.2 Å². The molecule has 0 aliphatic carbocycles. The van der Waals surface area contributed by atoms with Crippen molar-refractivity contribution in [1.29, 1.82) is 0 Å². The normalized spacial score (nSPS) is 10.2. The van der Waals surface area contributed by atoms with Gasteiger partial charge < -0.3 is 0 Å². The number of nitrogens with one attached hydrogen (secondary N) is 1. The van der Waals surface area contributed by atoms with Gasteiger partial charge in [-0.05, 0) is 0 Å². The second kappa shape index (κ2) is 6.29. The van der Waals surface area contributed by atoms with Crippen molar-refractivity contribution in [2.75, 3.05) is 12.4 Å². The first-order valence-electron chi connectivity index (χ1n) is 4.12. The van der Waals surface area contributed by atoms with Gasteiger partial charge >= 0.3 is 117 Å². The number of hydrogen-bond acceptors (Lipinski definition) is 2. The van der Waals surface area contributed by atoms with Crippen molar-refractivity contribution in [3.8, 4) is 5.75 Å². The molecule has 1 aromatic rings. The number of methoxy groups -OCH3 is 1. The molecule has 82 valence electrons. The first kappa shape index (κ1) is 13.6. The van der Waals surface area contributed by atoms with Gasteiger partial charge in [-0.25, -0.2) is 0 Å². The Morgan fingerprint density at radius 2 is 2.13 bits per heavy atom. The van der Waals surface area contributed by atoms with Gasteiger partial charge in [0.05, 0.1) is 0 Å². The van der Waals surface area contributed by atoms with E-state index in [1.54, 1.807) is 7.11 Å². The molecule has 0 aliphatic rings. The quantitative estimate of drug-likeness (QED) is 0.519. The van der Waals surface area contributed by atoms with Crippen LogP contribution in [-0.2, 0) is 4.79 Å². The van der Waals surface area contributed by atoms with Gasteiger partial charge in [0.1, 0.15) is 0 Å². The molecule has 0 saturated carbocycles. The van der Waals surface area contributed by atoms with Crippen LogP contribution in [0.25, 0.3) is 0 Å². The molecule has 0 saturated heterocycles. The topological polar surface area (TPSA) is 38.3 Å². The molecule has 1 amide bonds. The van der Waals surface area contributed by atoms with E-state index in [2.05, 4.69) is 51.6 Å². The summed E-state index contributed by atoms with van der Waals surface area (Å²) >= 11 is 4.92. The predicted octanol–water partition coefficient (Wildman–Crippen LogP) is 2.22. The van der Waals surface area contributed by atoms with Crippen LogP contribution < -0.4 is 14.4 Å². The van der Waals surface area contributed by atoms with Crippen LogP contribution in [0.15, 0.2) is 18.2 Å². The molecule has 0 fully saturated rings. The van der Waals surface area contributed by atoms with Crippen LogP contribution in [-0.4, -0.2) is 21.0 Å². The first-order valence-corrected chi connectivity index (χ1v) is 16.5. The average Bonchev–Trinajstić information content (AvgIpc) is 2.16. The van der Waals surface area contributed by atoms with E-state index in [1.165, 1.54) is 11.3 Å². The van der Waals surface area contributed by atoms with Gasteiger partial charge in [0.25, 0.3) is 0 Å². The number of carbonyl (C=O) groups excluding carboxylic acids is 1. The summed E-state index contributed by atoms with van der Waals surface area (Å²) in [7, 11) is 0.637. The zero-order valence-electron chi connectivity index (χ0n) is 8.25. The Morgan fingerprint density at radius 1 is 1.47 bits per heavy atom. The van der Waals surface area contributed by atoms with Crippen LogP contribution in [0, 0.1) is 0 Å². The van der Waals surface area contributed by atoms with E-state index < -0.39 is 7.95 Å². The molecule has 0 aromatic heterocycles. The molecule has 1 aromatic carbocycles. The minimum absolute atomic E-state index is 0.0774.